The van der Waals surface area contributed by atoms with Gasteiger partial charge in [0.1, 0.15) is 0 Å². The fourth-order valence-electron chi connectivity index (χ4n) is 2.02. The number of carbonyl (C=O) groups excluding carboxylic acids is 1. The third-order valence-electron chi connectivity index (χ3n) is 3.21. The van der Waals surface area contributed by atoms with Gasteiger partial charge in [0.25, 0.3) is 0 Å². The Labute approximate surface area is 127 Å². The Morgan fingerprint density at radius 3 is 2.20 bits per heavy atom. The molecule has 0 radical (unpaired) electrons. The normalized spacial score (nSPS) is 10.4. The fourth-order valence-corrected chi connectivity index (χ4v) is 2.56. The largest absolute Gasteiger partial charge is 0.386 e. The van der Waals surface area contributed by atoms with Crippen molar-refractivity contribution in [3.05, 3.63) is 30.3 Å². The average Bonchev–Trinajstić information content (AvgIpc) is 2.49. The molecule has 0 atom stereocenters. The third kappa shape index (κ3) is 9.03. The summed E-state index contributed by atoms with van der Waals surface area (Å²) in [5.41, 5.74) is 0. The maximum atomic E-state index is 11.5. The first-order valence-corrected chi connectivity index (χ1v) is 8.49. The molecular formula is C17H26O2S. The van der Waals surface area contributed by atoms with Crippen LogP contribution in [0.5, 0.6) is 0 Å². The van der Waals surface area contributed by atoms with Gasteiger partial charge in [-0.15, -0.1) is 0 Å². The lowest BCUT2D eigenvalue weighted by molar-refractivity contribution is -0.133. The number of rotatable bonds is 11. The summed E-state index contributed by atoms with van der Waals surface area (Å²) in [5.74, 6) is -0.107. The fraction of sp³-hybridized carbons (Fsp3) is 0.588. The van der Waals surface area contributed by atoms with E-state index in [0.29, 0.717) is 6.42 Å². The number of unbranched alkanes of at least 4 members (excludes halogenated alkanes) is 7. The van der Waals surface area contributed by atoms with Crippen LogP contribution in [0.25, 0.3) is 0 Å². The summed E-state index contributed by atoms with van der Waals surface area (Å²) in [6, 6.07) is 9.71. The quantitative estimate of drug-likeness (QED) is 0.383. The van der Waals surface area contributed by atoms with Crippen molar-refractivity contribution in [1.29, 1.82) is 0 Å². The van der Waals surface area contributed by atoms with Gasteiger partial charge in [-0.05, 0) is 18.6 Å². The third-order valence-corrected chi connectivity index (χ3v) is 3.94. The second-order valence-corrected chi connectivity index (χ2v) is 5.88. The van der Waals surface area contributed by atoms with Crippen LogP contribution in [0.2, 0.25) is 0 Å². The van der Waals surface area contributed by atoms with Crippen LogP contribution in [0.4, 0.5) is 0 Å². The Kier molecular flexibility index (Phi) is 10.1. The van der Waals surface area contributed by atoms with Crippen molar-refractivity contribution in [3.63, 3.8) is 0 Å². The molecular weight excluding hydrogens is 268 g/mol. The topological polar surface area (TPSA) is 26.3 Å². The summed E-state index contributed by atoms with van der Waals surface area (Å²) in [7, 11) is 0. The average molecular weight is 294 g/mol. The van der Waals surface area contributed by atoms with Crippen LogP contribution in [-0.4, -0.2) is 5.97 Å². The molecule has 0 aliphatic heterocycles. The molecule has 2 nitrogen and oxygen atoms in total. The van der Waals surface area contributed by atoms with Crippen molar-refractivity contribution in [2.24, 2.45) is 0 Å². The van der Waals surface area contributed by atoms with E-state index in [-0.39, 0.29) is 5.97 Å². The SMILES string of the molecule is CCCCCCCCCCC(=O)OSc1ccccc1. The Hall–Kier alpha value is -0.960. The summed E-state index contributed by atoms with van der Waals surface area (Å²) in [4.78, 5) is 12.5. The van der Waals surface area contributed by atoms with Crippen LogP contribution >= 0.6 is 12.0 Å². The molecule has 0 aliphatic carbocycles. The molecule has 0 N–H and O–H groups in total. The molecule has 0 bridgehead atoms. The lowest BCUT2D eigenvalue weighted by Crippen LogP contribution is -1.98. The maximum Gasteiger partial charge on any atom is 0.318 e. The first-order chi connectivity index (χ1) is 9.83. The summed E-state index contributed by atoms with van der Waals surface area (Å²) in [6.45, 7) is 2.24. The Morgan fingerprint density at radius 1 is 0.950 bits per heavy atom. The number of carbonyl (C=O) groups is 1. The van der Waals surface area contributed by atoms with Crippen LogP contribution in [0.3, 0.4) is 0 Å². The molecule has 1 rings (SSSR count). The molecule has 1 aromatic carbocycles. The molecule has 3 heteroatoms. The van der Waals surface area contributed by atoms with E-state index in [1.807, 2.05) is 30.3 Å². The number of benzene rings is 1. The minimum atomic E-state index is -0.107. The van der Waals surface area contributed by atoms with E-state index in [2.05, 4.69) is 6.92 Å². The molecule has 112 valence electrons. The molecule has 0 aromatic heterocycles. The maximum absolute atomic E-state index is 11.5. The van der Waals surface area contributed by atoms with Crippen LogP contribution in [0.1, 0.15) is 64.7 Å². The van der Waals surface area contributed by atoms with Crippen molar-refractivity contribution < 1.29 is 8.98 Å². The van der Waals surface area contributed by atoms with Gasteiger partial charge in [0.2, 0.25) is 0 Å². The van der Waals surface area contributed by atoms with Crippen molar-refractivity contribution in [2.75, 3.05) is 0 Å². The molecule has 0 aliphatic rings. The van der Waals surface area contributed by atoms with E-state index in [4.69, 9.17) is 4.18 Å². The van der Waals surface area contributed by atoms with Gasteiger partial charge in [0.05, 0.1) is 12.0 Å². The molecule has 0 fully saturated rings. The zero-order valence-electron chi connectivity index (χ0n) is 12.5. The molecule has 0 amide bonds. The smallest absolute Gasteiger partial charge is 0.318 e. The summed E-state index contributed by atoms with van der Waals surface area (Å²) >= 11 is 1.16. The highest BCUT2D eigenvalue weighted by Crippen LogP contribution is 2.19. The van der Waals surface area contributed by atoms with Gasteiger partial charge in [0.15, 0.2) is 0 Å². The molecule has 1 aromatic rings. The van der Waals surface area contributed by atoms with Crippen molar-refractivity contribution >= 4 is 18.0 Å². The van der Waals surface area contributed by atoms with Gasteiger partial charge in [-0.25, -0.2) is 0 Å². The molecule has 0 saturated carbocycles. The first kappa shape index (κ1) is 17.1. The van der Waals surface area contributed by atoms with Gasteiger partial charge in [-0.1, -0.05) is 70.1 Å². The summed E-state index contributed by atoms with van der Waals surface area (Å²) in [6.07, 6.45) is 10.5. The number of hydrogen-bond acceptors (Lipinski definition) is 3. The molecule has 0 spiro atoms. The second kappa shape index (κ2) is 11.8. The molecule has 0 saturated heterocycles. The Morgan fingerprint density at radius 2 is 1.55 bits per heavy atom. The van der Waals surface area contributed by atoms with Gasteiger partial charge >= 0.3 is 5.97 Å². The minimum Gasteiger partial charge on any atom is -0.386 e. The van der Waals surface area contributed by atoms with Gasteiger partial charge < -0.3 is 4.18 Å². The summed E-state index contributed by atoms with van der Waals surface area (Å²) in [5, 5.41) is 0. The minimum absolute atomic E-state index is 0.107. The zero-order chi connectivity index (χ0) is 14.5. The van der Waals surface area contributed by atoms with Crippen LogP contribution in [0.15, 0.2) is 35.2 Å². The van der Waals surface area contributed by atoms with E-state index >= 15 is 0 Å². The van der Waals surface area contributed by atoms with Crippen LogP contribution < -0.4 is 0 Å². The highest BCUT2D eigenvalue weighted by Gasteiger charge is 2.04. The van der Waals surface area contributed by atoms with Crippen molar-refractivity contribution in [1.82, 2.24) is 0 Å². The molecule has 20 heavy (non-hydrogen) atoms. The summed E-state index contributed by atoms with van der Waals surface area (Å²) < 4.78 is 5.17. The predicted octanol–water partition coefficient (Wildman–Crippen LogP) is 5.77. The first-order valence-electron chi connectivity index (χ1n) is 7.75. The monoisotopic (exact) mass is 294 g/mol. The standard InChI is InChI=1S/C17H26O2S/c1-2-3-4-5-6-7-8-12-15-17(18)19-20-16-13-10-9-11-14-16/h9-11,13-14H,2-8,12,15H2,1H3. The highest BCUT2D eigenvalue weighted by molar-refractivity contribution is 7.95. The number of hydrogen-bond donors (Lipinski definition) is 0. The second-order valence-electron chi connectivity index (χ2n) is 5.08. The van der Waals surface area contributed by atoms with E-state index < -0.39 is 0 Å². The lowest BCUT2D eigenvalue weighted by atomic mass is 10.1. The van der Waals surface area contributed by atoms with E-state index in [9.17, 15) is 4.79 Å². The van der Waals surface area contributed by atoms with Crippen LogP contribution in [0, 0.1) is 0 Å². The van der Waals surface area contributed by atoms with Crippen molar-refractivity contribution in [3.8, 4) is 0 Å². The lowest BCUT2D eigenvalue weighted by Gasteiger charge is -2.03. The van der Waals surface area contributed by atoms with E-state index in [1.165, 1.54) is 38.5 Å². The molecule has 0 heterocycles. The Balaban J connectivity index is 1.93. The Bertz CT molecular complexity index is 351. The van der Waals surface area contributed by atoms with E-state index in [0.717, 1.165) is 29.8 Å². The molecule has 0 unspecified atom stereocenters. The predicted molar refractivity (Wildman–Crippen MR) is 85.6 cm³/mol. The van der Waals surface area contributed by atoms with Gasteiger partial charge in [-0.3, -0.25) is 4.79 Å². The van der Waals surface area contributed by atoms with E-state index in [1.54, 1.807) is 0 Å². The van der Waals surface area contributed by atoms with Crippen molar-refractivity contribution in [2.45, 2.75) is 69.6 Å². The van der Waals surface area contributed by atoms with Crippen LogP contribution in [-0.2, 0) is 8.98 Å². The highest BCUT2D eigenvalue weighted by atomic mass is 32.2. The van der Waals surface area contributed by atoms with Gasteiger partial charge in [0, 0.05) is 11.3 Å². The zero-order valence-corrected chi connectivity index (χ0v) is 13.3. The van der Waals surface area contributed by atoms with Gasteiger partial charge in [-0.2, -0.15) is 0 Å².